The number of nitrogens with zero attached hydrogens (tertiary/aromatic N) is 1. The van der Waals surface area contributed by atoms with Crippen LogP contribution in [0.3, 0.4) is 0 Å². The van der Waals surface area contributed by atoms with Gasteiger partial charge in [-0.3, -0.25) is 9.59 Å². The zero-order chi connectivity index (χ0) is 18.4. The van der Waals surface area contributed by atoms with Crippen molar-refractivity contribution in [3.8, 4) is 0 Å². The molecule has 0 radical (unpaired) electrons. The summed E-state index contributed by atoms with van der Waals surface area (Å²) in [6.07, 6.45) is 0.795. The van der Waals surface area contributed by atoms with Gasteiger partial charge in [-0.25, -0.2) is 0 Å². The zero-order valence-corrected chi connectivity index (χ0v) is 15.4. The zero-order valence-electron chi connectivity index (χ0n) is 15.4. The molecule has 2 amide bonds. The molecule has 0 saturated heterocycles. The Bertz CT molecular complexity index is 739. The Morgan fingerprint density at radius 1 is 1.04 bits per heavy atom. The highest BCUT2D eigenvalue weighted by molar-refractivity contribution is 6.39. The van der Waals surface area contributed by atoms with Crippen LogP contribution in [0.5, 0.6) is 0 Å². The Morgan fingerprint density at radius 3 is 2.32 bits per heavy atom. The standard InChI is InChI=1S/C21H26N2O2/c1-5-18-13-9-10-16(4)19(18)22-20(24)21(25)23(15(2)3)14-17-11-7-6-8-12-17/h6-13,15H,5,14H2,1-4H3,(H,22,24). The van der Waals surface area contributed by atoms with Crippen molar-refractivity contribution in [1.82, 2.24) is 4.90 Å². The van der Waals surface area contributed by atoms with E-state index in [9.17, 15) is 9.59 Å². The second-order valence-corrected chi connectivity index (χ2v) is 6.43. The fraction of sp³-hybridized carbons (Fsp3) is 0.333. The van der Waals surface area contributed by atoms with Gasteiger partial charge in [-0.05, 0) is 43.9 Å². The highest BCUT2D eigenvalue weighted by Gasteiger charge is 2.25. The molecule has 2 aromatic rings. The van der Waals surface area contributed by atoms with Crippen LogP contribution in [0.1, 0.15) is 37.5 Å². The number of carbonyl (C=O) groups is 2. The van der Waals surface area contributed by atoms with Gasteiger partial charge in [-0.15, -0.1) is 0 Å². The maximum absolute atomic E-state index is 12.7. The number of amides is 2. The predicted octanol–water partition coefficient (Wildman–Crippen LogP) is 3.93. The number of para-hydroxylation sites is 1. The lowest BCUT2D eigenvalue weighted by atomic mass is 10.1. The van der Waals surface area contributed by atoms with Crippen molar-refractivity contribution in [3.05, 3.63) is 65.2 Å². The van der Waals surface area contributed by atoms with Crippen molar-refractivity contribution >= 4 is 17.5 Å². The van der Waals surface area contributed by atoms with Crippen LogP contribution in [0.25, 0.3) is 0 Å². The molecule has 0 aliphatic heterocycles. The van der Waals surface area contributed by atoms with E-state index in [1.807, 2.05) is 76.2 Å². The first-order valence-corrected chi connectivity index (χ1v) is 8.68. The summed E-state index contributed by atoms with van der Waals surface area (Å²) in [7, 11) is 0. The van der Waals surface area contributed by atoms with E-state index < -0.39 is 11.8 Å². The topological polar surface area (TPSA) is 49.4 Å². The second kappa shape index (κ2) is 8.47. The van der Waals surface area contributed by atoms with E-state index >= 15 is 0 Å². The Balaban J connectivity index is 2.18. The molecule has 1 N–H and O–H groups in total. The van der Waals surface area contributed by atoms with Crippen LogP contribution in [0.15, 0.2) is 48.5 Å². The quantitative estimate of drug-likeness (QED) is 0.840. The first-order valence-electron chi connectivity index (χ1n) is 8.68. The third-order valence-electron chi connectivity index (χ3n) is 4.25. The molecule has 0 fully saturated rings. The van der Waals surface area contributed by atoms with Gasteiger partial charge in [-0.2, -0.15) is 0 Å². The molecule has 0 aliphatic carbocycles. The lowest BCUT2D eigenvalue weighted by molar-refractivity contribution is -0.144. The third kappa shape index (κ3) is 4.69. The van der Waals surface area contributed by atoms with Crippen LogP contribution in [-0.4, -0.2) is 22.8 Å². The summed E-state index contributed by atoms with van der Waals surface area (Å²) in [5.41, 5.74) is 3.73. The van der Waals surface area contributed by atoms with E-state index in [2.05, 4.69) is 5.32 Å². The van der Waals surface area contributed by atoms with Crippen LogP contribution in [0.2, 0.25) is 0 Å². The smallest absolute Gasteiger partial charge is 0.313 e. The number of aryl methyl sites for hydroxylation is 2. The van der Waals surface area contributed by atoms with Crippen molar-refractivity contribution in [2.75, 3.05) is 5.32 Å². The van der Waals surface area contributed by atoms with Crippen molar-refractivity contribution in [3.63, 3.8) is 0 Å². The lowest BCUT2D eigenvalue weighted by Gasteiger charge is -2.26. The summed E-state index contributed by atoms with van der Waals surface area (Å²) < 4.78 is 0. The average Bonchev–Trinajstić information content (AvgIpc) is 2.61. The van der Waals surface area contributed by atoms with E-state index in [4.69, 9.17) is 0 Å². The molecule has 0 heterocycles. The summed E-state index contributed by atoms with van der Waals surface area (Å²) >= 11 is 0. The molecular weight excluding hydrogens is 312 g/mol. The molecule has 0 atom stereocenters. The van der Waals surface area contributed by atoms with Crippen molar-refractivity contribution in [1.29, 1.82) is 0 Å². The second-order valence-electron chi connectivity index (χ2n) is 6.43. The minimum atomic E-state index is -0.589. The molecule has 132 valence electrons. The van der Waals surface area contributed by atoms with Crippen molar-refractivity contribution in [2.45, 2.75) is 46.7 Å². The molecule has 0 aromatic heterocycles. The molecule has 25 heavy (non-hydrogen) atoms. The molecule has 0 unspecified atom stereocenters. The Kier molecular flexibility index (Phi) is 6.34. The van der Waals surface area contributed by atoms with Gasteiger partial charge in [0.25, 0.3) is 0 Å². The average molecular weight is 338 g/mol. The van der Waals surface area contributed by atoms with Crippen LogP contribution >= 0.6 is 0 Å². The summed E-state index contributed by atoms with van der Waals surface area (Å²) in [6, 6.07) is 15.5. The summed E-state index contributed by atoms with van der Waals surface area (Å²) in [5, 5.41) is 2.82. The third-order valence-corrected chi connectivity index (χ3v) is 4.25. The number of nitrogens with one attached hydrogen (secondary N) is 1. The van der Waals surface area contributed by atoms with Gasteiger partial charge in [0.15, 0.2) is 0 Å². The molecule has 0 spiro atoms. The van der Waals surface area contributed by atoms with E-state index in [0.29, 0.717) is 6.54 Å². The fourth-order valence-electron chi connectivity index (χ4n) is 2.77. The molecule has 4 nitrogen and oxygen atoms in total. The SMILES string of the molecule is CCc1cccc(C)c1NC(=O)C(=O)N(Cc1ccccc1)C(C)C. The van der Waals surface area contributed by atoms with Crippen LogP contribution in [-0.2, 0) is 22.6 Å². The van der Waals surface area contributed by atoms with Crippen molar-refractivity contribution < 1.29 is 9.59 Å². The van der Waals surface area contributed by atoms with Gasteiger partial charge in [0.05, 0.1) is 0 Å². The summed E-state index contributed by atoms with van der Waals surface area (Å²) in [5.74, 6) is -1.10. The first kappa shape index (κ1) is 18.7. The number of rotatable bonds is 5. The van der Waals surface area contributed by atoms with Gasteiger partial charge in [0.1, 0.15) is 0 Å². The number of benzene rings is 2. The van der Waals surface area contributed by atoms with Gasteiger partial charge in [-0.1, -0.05) is 55.5 Å². The Hall–Kier alpha value is -2.62. The fourth-order valence-corrected chi connectivity index (χ4v) is 2.77. The Labute approximate surface area is 149 Å². The van der Waals surface area contributed by atoms with E-state index in [1.54, 1.807) is 4.90 Å². The highest BCUT2D eigenvalue weighted by Crippen LogP contribution is 2.21. The molecule has 0 saturated carbocycles. The van der Waals surface area contributed by atoms with Gasteiger partial charge in [0, 0.05) is 18.3 Å². The van der Waals surface area contributed by atoms with E-state index in [-0.39, 0.29) is 6.04 Å². The molecule has 2 aromatic carbocycles. The molecule has 2 rings (SSSR count). The monoisotopic (exact) mass is 338 g/mol. The maximum atomic E-state index is 12.7. The normalized spacial score (nSPS) is 10.6. The number of hydrogen-bond donors (Lipinski definition) is 1. The minimum absolute atomic E-state index is 0.0685. The number of carbonyl (C=O) groups excluding carboxylic acids is 2. The largest absolute Gasteiger partial charge is 0.328 e. The van der Waals surface area contributed by atoms with Crippen LogP contribution in [0.4, 0.5) is 5.69 Å². The molecule has 0 bridgehead atoms. The molecular formula is C21H26N2O2. The van der Waals surface area contributed by atoms with E-state index in [0.717, 1.165) is 28.8 Å². The summed E-state index contributed by atoms with van der Waals surface area (Å²) in [4.78, 5) is 26.9. The van der Waals surface area contributed by atoms with Gasteiger partial charge < -0.3 is 10.2 Å². The minimum Gasteiger partial charge on any atom is -0.328 e. The lowest BCUT2D eigenvalue weighted by Crippen LogP contribution is -2.43. The number of anilines is 1. The summed E-state index contributed by atoms with van der Waals surface area (Å²) in [6.45, 7) is 8.21. The number of hydrogen-bond acceptors (Lipinski definition) is 2. The van der Waals surface area contributed by atoms with Crippen LogP contribution < -0.4 is 5.32 Å². The van der Waals surface area contributed by atoms with Gasteiger partial charge >= 0.3 is 11.8 Å². The Morgan fingerprint density at radius 2 is 1.72 bits per heavy atom. The predicted molar refractivity (Wildman–Crippen MR) is 101 cm³/mol. The van der Waals surface area contributed by atoms with Crippen LogP contribution in [0, 0.1) is 6.92 Å². The molecule has 0 aliphatic rings. The first-order chi connectivity index (χ1) is 11.9. The van der Waals surface area contributed by atoms with Crippen molar-refractivity contribution in [2.24, 2.45) is 0 Å². The highest BCUT2D eigenvalue weighted by atomic mass is 16.2. The van der Waals surface area contributed by atoms with Gasteiger partial charge in [0.2, 0.25) is 0 Å². The molecule has 4 heteroatoms. The van der Waals surface area contributed by atoms with E-state index in [1.165, 1.54) is 0 Å². The maximum Gasteiger partial charge on any atom is 0.313 e.